The molecule has 0 spiro atoms. The number of aryl methyl sites for hydroxylation is 2. The number of nitriles is 1. The highest BCUT2D eigenvalue weighted by atomic mass is 16.6. The Hall–Kier alpha value is -2.88. The summed E-state index contributed by atoms with van der Waals surface area (Å²) < 4.78 is 5.47. The van der Waals surface area contributed by atoms with Crippen LogP contribution in [0.4, 0.5) is 11.5 Å². The molecule has 1 unspecified atom stereocenters. The van der Waals surface area contributed by atoms with Crippen molar-refractivity contribution in [2.75, 3.05) is 5.32 Å². The van der Waals surface area contributed by atoms with Crippen LogP contribution in [-0.4, -0.2) is 9.91 Å². The topological polar surface area (TPSA) is 105 Å². The fourth-order valence-corrected chi connectivity index (χ4v) is 2.14. The Kier molecular flexibility index (Phi) is 3.89. The number of nitrogens with zero attached hydrogens (tertiary/aromatic N) is 3. The molecular formula is C14H14N4O3. The van der Waals surface area contributed by atoms with E-state index in [1.165, 1.54) is 12.1 Å². The summed E-state index contributed by atoms with van der Waals surface area (Å²) in [7, 11) is 0. The van der Waals surface area contributed by atoms with E-state index in [2.05, 4.69) is 10.3 Å². The van der Waals surface area contributed by atoms with E-state index in [-0.39, 0.29) is 17.4 Å². The van der Waals surface area contributed by atoms with Crippen molar-refractivity contribution in [2.24, 2.45) is 0 Å². The van der Waals surface area contributed by atoms with Gasteiger partial charge in [-0.15, -0.1) is 0 Å². The van der Waals surface area contributed by atoms with Crippen LogP contribution in [0.25, 0.3) is 0 Å². The van der Waals surface area contributed by atoms with Crippen LogP contribution < -0.4 is 5.32 Å². The van der Waals surface area contributed by atoms with Crippen molar-refractivity contribution in [1.82, 2.24) is 4.98 Å². The van der Waals surface area contributed by atoms with Crippen LogP contribution in [0.15, 0.2) is 22.6 Å². The van der Waals surface area contributed by atoms with Crippen LogP contribution in [0.5, 0.6) is 0 Å². The molecule has 0 fully saturated rings. The van der Waals surface area contributed by atoms with Crippen molar-refractivity contribution in [3.05, 3.63) is 51.1 Å². The standard InChI is InChI=1S/C14H14N4O3/c1-8-6-11(10(3)21-8)9(2)16-14-5-4-13(18(19)20)12(7-15)17-14/h4-6,9H,1-3H3,(H,16,17). The van der Waals surface area contributed by atoms with E-state index in [4.69, 9.17) is 9.68 Å². The van der Waals surface area contributed by atoms with Gasteiger partial charge in [-0.05, 0) is 32.9 Å². The van der Waals surface area contributed by atoms with E-state index in [0.29, 0.717) is 5.82 Å². The Labute approximate surface area is 121 Å². The number of rotatable bonds is 4. The van der Waals surface area contributed by atoms with Gasteiger partial charge < -0.3 is 9.73 Å². The van der Waals surface area contributed by atoms with Crippen LogP contribution in [0.2, 0.25) is 0 Å². The van der Waals surface area contributed by atoms with E-state index in [9.17, 15) is 10.1 Å². The van der Waals surface area contributed by atoms with E-state index in [1.54, 1.807) is 6.07 Å². The summed E-state index contributed by atoms with van der Waals surface area (Å²) in [5.74, 6) is 2.02. The number of anilines is 1. The van der Waals surface area contributed by atoms with Crippen LogP contribution in [0, 0.1) is 35.3 Å². The van der Waals surface area contributed by atoms with Crippen LogP contribution in [0.1, 0.15) is 35.7 Å². The maximum Gasteiger partial charge on any atom is 0.305 e. The van der Waals surface area contributed by atoms with Crippen molar-refractivity contribution in [3.8, 4) is 6.07 Å². The number of hydrogen-bond acceptors (Lipinski definition) is 6. The molecule has 0 amide bonds. The summed E-state index contributed by atoms with van der Waals surface area (Å²) in [5.41, 5.74) is 0.467. The Morgan fingerprint density at radius 3 is 2.71 bits per heavy atom. The maximum absolute atomic E-state index is 10.8. The van der Waals surface area contributed by atoms with Gasteiger partial charge in [-0.25, -0.2) is 4.98 Å². The molecule has 1 atom stereocenters. The van der Waals surface area contributed by atoms with E-state index in [1.807, 2.05) is 26.8 Å². The van der Waals surface area contributed by atoms with Crippen molar-refractivity contribution in [1.29, 1.82) is 5.26 Å². The summed E-state index contributed by atoms with van der Waals surface area (Å²) in [5, 5.41) is 22.8. The molecular weight excluding hydrogens is 272 g/mol. The van der Waals surface area contributed by atoms with Gasteiger partial charge in [-0.1, -0.05) is 0 Å². The monoisotopic (exact) mass is 286 g/mol. The molecule has 2 heterocycles. The van der Waals surface area contributed by atoms with Gasteiger partial charge >= 0.3 is 5.69 Å². The SMILES string of the molecule is Cc1cc(C(C)Nc2ccc([N+](=O)[O-])c(C#N)n2)c(C)o1. The summed E-state index contributed by atoms with van der Waals surface area (Å²) in [6.45, 7) is 5.65. The lowest BCUT2D eigenvalue weighted by atomic mass is 10.1. The second-order valence-corrected chi connectivity index (χ2v) is 4.67. The van der Waals surface area contributed by atoms with Crippen molar-refractivity contribution in [3.63, 3.8) is 0 Å². The first kappa shape index (κ1) is 14.5. The third-order valence-corrected chi connectivity index (χ3v) is 3.09. The predicted octanol–water partition coefficient (Wildman–Crippen LogP) is 3.24. The van der Waals surface area contributed by atoms with Gasteiger partial charge in [0.15, 0.2) is 0 Å². The zero-order valence-corrected chi connectivity index (χ0v) is 11.9. The molecule has 2 aromatic heterocycles. The highest BCUT2D eigenvalue weighted by Gasteiger charge is 2.18. The molecule has 1 N–H and O–H groups in total. The average Bonchev–Trinajstić information content (AvgIpc) is 2.77. The predicted molar refractivity (Wildman–Crippen MR) is 75.8 cm³/mol. The van der Waals surface area contributed by atoms with E-state index < -0.39 is 4.92 Å². The molecule has 0 aliphatic carbocycles. The second kappa shape index (κ2) is 5.63. The summed E-state index contributed by atoms with van der Waals surface area (Å²) >= 11 is 0. The van der Waals surface area contributed by atoms with E-state index >= 15 is 0 Å². The molecule has 7 heteroatoms. The third-order valence-electron chi connectivity index (χ3n) is 3.09. The quantitative estimate of drug-likeness (QED) is 0.683. The summed E-state index contributed by atoms with van der Waals surface area (Å²) in [6.07, 6.45) is 0. The molecule has 2 rings (SSSR count). The van der Waals surface area contributed by atoms with Crippen molar-refractivity contribution >= 4 is 11.5 Å². The van der Waals surface area contributed by atoms with Gasteiger partial charge in [0.05, 0.1) is 11.0 Å². The normalized spacial score (nSPS) is 11.7. The molecule has 0 bridgehead atoms. The maximum atomic E-state index is 10.8. The van der Waals surface area contributed by atoms with Crippen molar-refractivity contribution in [2.45, 2.75) is 26.8 Å². The first-order valence-electron chi connectivity index (χ1n) is 6.31. The zero-order chi connectivity index (χ0) is 15.6. The third kappa shape index (κ3) is 3.00. The fourth-order valence-electron chi connectivity index (χ4n) is 2.14. The fraction of sp³-hybridized carbons (Fsp3) is 0.286. The molecule has 0 aliphatic heterocycles. The minimum atomic E-state index is -0.623. The van der Waals surface area contributed by atoms with Gasteiger partial charge in [-0.3, -0.25) is 10.1 Å². The first-order chi connectivity index (χ1) is 9.92. The van der Waals surface area contributed by atoms with Gasteiger partial charge in [-0.2, -0.15) is 5.26 Å². The molecule has 2 aromatic rings. The molecule has 0 saturated carbocycles. The van der Waals surface area contributed by atoms with Gasteiger partial charge in [0, 0.05) is 11.6 Å². The number of hydrogen-bond donors (Lipinski definition) is 1. The van der Waals surface area contributed by atoms with Crippen LogP contribution in [0.3, 0.4) is 0 Å². The molecule has 0 saturated heterocycles. The number of furan rings is 1. The number of nitro groups is 1. The Morgan fingerprint density at radius 2 is 2.19 bits per heavy atom. The zero-order valence-electron chi connectivity index (χ0n) is 11.9. The Morgan fingerprint density at radius 1 is 1.48 bits per heavy atom. The van der Waals surface area contributed by atoms with Gasteiger partial charge in [0.1, 0.15) is 23.4 Å². The van der Waals surface area contributed by atoms with E-state index in [0.717, 1.165) is 17.1 Å². The molecule has 21 heavy (non-hydrogen) atoms. The largest absolute Gasteiger partial charge is 0.466 e. The van der Waals surface area contributed by atoms with Crippen LogP contribution >= 0.6 is 0 Å². The molecule has 7 nitrogen and oxygen atoms in total. The lowest BCUT2D eigenvalue weighted by Gasteiger charge is -2.13. The number of pyridine rings is 1. The lowest BCUT2D eigenvalue weighted by molar-refractivity contribution is -0.385. The molecule has 0 radical (unpaired) electrons. The molecule has 0 aliphatic rings. The highest BCUT2D eigenvalue weighted by molar-refractivity contribution is 5.51. The minimum Gasteiger partial charge on any atom is -0.466 e. The number of nitrogens with one attached hydrogen (secondary N) is 1. The van der Waals surface area contributed by atoms with Gasteiger partial charge in [0.25, 0.3) is 0 Å². The van der Waals surface area contributed by atoms with Crippen molar-refractivity contribution < 1.29 is 9.34 Å². The average molecular weight is 286 g/mol. The smallest absolute Gasteiger partial charge is 0.305 e. The number of aromatic nitrogens is 1. The van der Waals surface area contributed by atoms with Gasteiger partial charge in [0.2, 0.25) is 5.69 Å². The summed E-state index contributed by atoms with van der Waals surface area (Å²) in [4.78, 5) is 14.1. The first-order valence-corrected chi connectivity index (χ1v) is 6.31. The summed E-state index contributed by atoms with van der Waals surface area (Å²) in [6, 6.07) is 6.32. The van der Waals surface area contributed by atoms with Crippen LogP contribution in [-0.2, 0) is 0 Å². The molecule has 0 aromatic carbocycles. The Bertz CT molecular complexity index is 730. The highest BCUT2D eigenvalue weighted by Crippen LogP contribution is 2.25. The second-order valence-electron chi connectivity index (χ2n) is 4.67. The molecule has 108 valence electrons. The Balaban J connectivity index is 2.26. The lowest BCUT2D eigenvalue weighted by Crippen LogP contribution is -2.09. The minimum absolute atomic E-state index is 0.0945.